The van der Waals surface area contributed by atoms with Gasteiger partial charge in [-0.25, -0.2) is 0 Å². The molecule has 9 aromatic rings. The molecule has 0 N–H and O–H groups in total. The second-order valence-corrected chi connectivity index (χ2v) is 22.5. The number of benzene rings is 6. The smallest absolute Gasteiger partial charge is 0.120 e. The third kappa shape index (κ3) is 8.60. The Labute approximate surface area is 377 Å². The van der Waals surface area contributed by atoms with Crippen molar-refractivity contribution in [3.8, 4) is 39.5 Å². The third-order valence-electron chi connectivity index (χ3n) is 10.5. The number of furan rings is 1. The van der Waals surface area contributed by atoms with Crippen LogP contribution < -0.4 is 5.19 Å². The minimum absolute atomic E-state index is 0. The maximum absolute atomic E-state index is 8.59. The predicted octanol–water partition coefficient (Wildman–Crippen LogP) is 14.0. The molecule has 0 aliphatic heterocycles. The van der Waals surface area contributed by atoms with Crippen molar-refractivity contribution >= 4 is 46.2 Å². The molecule has 4 nitrogen and oxygen atoms in total. The Morgan fingerprint density at radius 3 is 2.30 bits per heavy atom. The van der Waals surface area contributed by atoms with E-state index in [4.69, 9.17) is 16.3 Å². The van der Waals surface area contributed by atoms with Gasteiger partial charge in [0.2, 0.25) is 0 Å². The average molecular weight is 985 g/mol. The summed E-state index contributed by atoms with van der Waals surface area (Å²) in [6.07, 6.45) is 0.328. The first kappa shape index (κ1) is 36.5. The van der Waals surface area contributed by atoms with Gasteiger partial charge in [0.15, 0.2) is 0 Å². The molecule has 0 saturated carbocycles. The zero-order chi connectivity index (χ0) is 45.8. The van der Waals surface area contributed by atoms with E-state index >= 15 is 0 Å². The van der Waals surface area contributed by atoms with Crippen LogP contribution in [0.1, 0.15) is 58.2 Å². The van der Waals surface area contributed by atoms with Crippen LogP contribution in [-0.4, -0.2) is 22.6 Å². The topological polar surface area (TPSA) is 43.9 Å². The number of aromatic nitrogens is 3. The van der Waals surface area contributed by atoms with Crippen LogP contribution in [0.2, 0.25) is 19.6 Å². The number of aryl methyl sites for hydroxylation is 1. The largest absolute Gasteiger partial charge is 0.501 e. The zero-order valence-electron chi connectivity index (χ0n) is 40.4. The molecule has 0 aliphatic rings. The molecule has 0 amide bonds. The van der Waals surface area contributed by atoms with Crippen molar-refractivity contribution in [3.63, 3.8) is 0 Å². The third-order valence-corrected chi connectivity index (χ3v) is 12.5. The molecule has 9 rings (SSSR count). The quantitative estimate of drug-likeness (QED) is 0.118. The van der Waals surface area contributed by atoms with Gasteiger partial charge in [0, 0.05) is 44.1 Å². The fourth-order valence-corrected chi connectivity index (χ4v) is 9.14. The Kier molecular flexibility index (Phi) is 10.5. The van der Waals surface area contributed by atoms with Crippen LogP contribution >= 0.6 is 0 Å². The fraction of sp³-hybridized carbons (Fsp3) is 0.222. The molecule has 0 unspecified atom stereocenters. The Hall–Kier alpha value is -5.39. The van der Waals surface area contributed by atoms with E-state index in [9.17, 15) is 0 Å². The predicted molar refractivity (Wildman–Crippen MR) is 252 cm³/mol. The van der Waals surface area contributed by atoms with Crippen molar-refractivity contribution < 1.29 is 31.4 Å². The normalized spacial score (nSPS) is 13.5. The second-order valence-electron chi connectivity index (χ2n) is 17.4. The number of para-hydroxylation sites is 4. The summed E-state index contributed by atoms with van der Waals surface area (Å²) in [6, 6.07) is 50.8. The van der Waals surface area contributed by atoms with E-state index in [1.165, 1.54) is 22.8 Å². The van der Waals surface area contributed by atoms with Crippen molar-refractivity contribution in [3.05, 3.63) is 168 Å². The molecule has 0 atom stereocenters. The number of pyridine rings is 1. The summed E-state index contributed by atoms with van der Waals surface area (Å²) in [6.45, 7) is 15.0. The van der Waals surface area contributed by atoms with Crippen molar-refractivity contribution in [2.75, 3.05) is 0 Å². The number of hydrogen-bond acceptors (Lipinski definition) is 3. The summed E-state index contributed by atoms with van der Waals surface area (Å²) in [5.74, 6) is 0.652. The molecule has 0 bridgehead atoms. The molecule has 0 spiro atoms. The molecule has 305 valence electrons. The van der Waals surface area contributed by atoms with Gasteiger partial charge < -0.3 is 14.0 Å². The van der Waals surface area contributed by atoms with Gasteiger partial charge in [0.25, 0.3) is 0 Å². The molecule has 6 aromatic carbocycles. The first-order valence-corrected chi connectivity index (χ1v) is 23.8. The summed E-state index contributed by atoms with van der Waals surface area (Å²) in [5, 5.41) is 3.18. The van der Waals surface area contributed by atoms with E-state index in [-0.39, 0.29) is 37.0 Å². The van der Waals surface area contributed by atoms with E-state index in [0.717, 1.165) is 55.2 Å². The monoisotopic (exact) mass is 985 g/mol. The Morgan fingerprint density at radius 1 is 0.833 bits per heavy atom. The Balaban J connectivity index is 0.000000206. The Bertz CT molecular complexity index is 3120. The summed E-state index contributed by atoms with van der Waals surface area (Å²) in [7, 11) is -1.78. The van der Waals surface area contributed by atoms with Gasteiger partial charge in [-0.15, -0.1) is 53.6 Å². The van der Waals surface area contributed by atoms with Crippen LogP contribution in [0.4, 0.5) is 0 Å². The van der Waals surface area contributed by atoms with Crippen molar-refractivity contribution in [1.82, 2.24) is 14.5 Å². The molecule has 0 aliphatic carbocycles. The molecule has 3 heterocycles. The number of rotatable bonds is 7. The van der Waals surface area contributed by atoms with Crippen LogP contribution in [0.3, 0.4) is 0 Å². The minimum Gasteiger partial charge on any atom is -0.501 e. The number of fused-ring (bicyclic) bond motifs is 4. The summed E-state index contributed by atoms with van der Waals surface area (Å²) in [4.78, 5) is 9.75. The molecule has 0 fully saturated rings. The molecule has 6 heteroatoms. The van der Waals surface area contributed by atoms with Gasteiger partial charge in [0.05, 0.1) is 36.2 Å². The van der Waals surface area contributed by atoms with Crippen LogP contribution in [0, 0.1) is 24.9 Å². The maximum atomic E-state index is 8.59. The minimum atomic E-state index is -2.16. The van der Waals surface area contributed by atoms with Gasteiger partial charge in [0.1, 0.15) is 5.58 Å². The van der Waals surface area contributed by atoms with Gasteiger partial charge in [-0.3, -0.25) is 4.98 Å². The first-order chi connectivity index (χ1) is 30.2. The first-order valence-electron chi connectivity index (χ1n) is 22.8. The summed E-state index contributed by atoms with van der Waals surface area (Å²) >= 11 is 0. The fourth-order valence-electron chi connectivity index (χ4n) is 7.73. The molecule has 60 heavy (non-hydrogen) atoms. The standard InChI is InChI=1S/C35H27N2O.C19H26NSi.Ir/c1-35(2,3)28-19-12-16-24(23-13-5-4-6-14-23)32(28)37-30-21-9-8-20-29(30)36-34(37)27-18-11-17-26-25-15-7-10-22-31(25)38-33(26)27;1-14(2)11-17-12-18(16-9-7-15(3)8-10-16)20-13-19(17)21(4,5)6;/h4-17,19-22H,1-3H3;7-9,12-14H,11H2,1-6H3;/q2*-1;/i;3D3,11D2;. The summed E-state index contributed by atoms with van der Waals surface area (Å²) in [5.41, 5.74) is 11.3. The van der Waals surface area contributed by atoms with Crippen LogP contribution in [-0.2, 0) is 31.9 Å². The second kappa shape index (κ2) is 17.3. The van der Waals surface area contributed by atoms with E-state index in [1.807, 2.05) is 44.2 Å². The molecular weight excluding hydrogens is 927 g/mol. The van der Waals surface area contributed by atoms with Crippen LogP contribution in [0.25, 0.3) is 72.4 Å². The number of hydrogen-bond donors (Lipinski definition) is 0. The SMILES string of the molecule is CC(C)(C)c1cccc(-c2ccccc2)c1-n1c(-c2[c-]ccc3c2oc2ccccc23)nc2ccccc21.[2H]C([2H])([2H])c1c[c-]c(-c2cc(C([2H])([2H])C(C)C)c([Si](C)(C)C)cn2)cc1.[Ir]. The van der Waals surface area contributed by atoms with Crippen molar-refractivity contribution in [2.45, 2.75) is 72.9 Å². The summed E-state index contributed by atoms with van der Waals surface area (Å²) < 4.78 is 48.3. The Morgan fingerprint density at radius 2 is 1.58 bits per heavy atom. The number of imidazole rings is 1. The zero-order valence-corrected chi connectivity index (χ0v) is 38.8. The number of nitrogens with zero attached hydrogens (tertiary/aromatic N) is 3. The molecule has 1 radical (unpaired) electrons. The van der Waals surface area contributed by atoms with Gasteiger partial charge >= 0.3 is 0 Å². The van der Waals surface area contributed by atoms with E-state index in [1.54, 1.807) is 18.3 Å². The van der Waals surface area contributed by atoms with Crippen molar-refractivity contribution in [2.24, 2.45) is 5.92 Å². The van der Waals surface area contributed by atoms with Gasteiger partial charge in [-0.05, 0) is 57.9 Å². The maximum Gasteiger partial charge on any atom is 0.120 e. The van der Waals surface area contributed by atoms with E-state index < -0.39 is 21.3 Å². The van der Waals surface area contributed by atoms with Gasteiger partial charge in [-0.2, -0.15) is 0 Å². The van der Waals surface area contributed by atoms with Crippen molar-refractivity contribution in [1.29, 1.82) is 0 Å². The van der Waals surface area contributed by atoms with E-state index in [2.05, 4.69) is 147 Å². The average Bonchev–Trinajstić information content (AvgIpc) is 3.84. The van der Waals surface area contributed by atoms with E-state index in [0.29, 0.717) is 16.8 Å². The molecule has 3 aromatic heterocycles. The van der Waals surface area contributed by atoms with Crippen LogP contribution in [0.15, 0.2) is 144 Å². The molecular formula is C54H53IrN3OSi-2. The van der Waals surface area contributed by atoms with Gasteiger partial charge in [-0.1, -0.05) is 163 Å². The molecule has 0 saturated heterocycles. The van der Waals surface area contributed by atoms with Crippen LogP contribution in [0.5, 0.6) is 0 Å².